The maximum absolute atomic E-state index is 5.67. The molecule has 0 spiro atoms. The molecule has 1 heterocycles. The van der Waals surface area contributed by atoms with Crippen molar-refractivity contribution in [3.05, 3.63) is 41.7 Å². The average Bonchev–Trinajstić information content (AvgIpc) is 3.06. The van der Waals surface area contributed by atoms with Gasteiger partial charge in [0.2, 0.25) is 0 Å². The second kappa shape index (κ2) is 11.4. The molecule has 2 N–H and O–H groups in total. The molecule has 1 aromatic carbocycles. The summed E-state index contributed by atoms with van der Waals surface area (Å²) in [5.41, 5.74) is 2.36. The van der Waals surface area contributed by atoms with E-state index in [9.17, 15) is 0 Å². The van der Waals surface area contributed by atoms with Crippen LogP contribution >= 0.6 is 12.2 Å². The number of aryl methyl sites for hydroxylation is 2. The van der Waals surface area contributed by atoms with Crippen LogP contribution in [0.3, 0.4) is 0 Å². The van der Waals surface area contributed by atoms with Gasteiger partial charge in [-0.15, -0.1) is 0 Å². The van der Waals surface area contributed by atoms with Crippen LogP contribution in [-0.2, 0) is 13.0 Å². The predicted octanol–water partition coefficient (Wildman–Crippen LogP) is 3.09. The Bertz CT molecular complexity index is 718. The summed E-state index contributed by atoms with van der Waals surface area (Å²) < 4.78 is 13.3. The number of thiocarbonyl (C=S) groups is 1. The fourth-order valence-corrected chi connectivity index (χ4v) is 2.90. The van der Waals surface area contributed by atoms with E-state index in [1.807, 2.05) is 42.9 Å². The molecule has 0 saturated heterocycles. The van der Waals surface area contributed by atoms with E-state index in [1.165, 1.54) is 11.3 Å². The van der Waals surface area contributed by atoms with Gasteiger partial charge in [-0.1, -0.05) is 6.07 Å². The first-order chi connectivity index (χ1) is 13.1. The van der Waals surface area contributed by atoms with Crippen molar-refractivity contribution in [3.8, 4) is 11.5 Å². The van der Waals surface area contributed by atoms with Crippen LogP contribution in [0.2, 0.25) is 0 Å². The van der Waals surface area contributed by atoms with Crippen LogP contribution in [0.25, 0.3) is 0 Å². The number of ether oxygens (including phenoxy) is 2. The summed E-state index contributed by atoms with van der Waals surface area (Å²) in [4.78, 5) is 0. The van der Waals surface area contributed by atoms with E-state index in [1.54, 1.807) is 0 Å². The summed E-state index contributed by atoms with van der Waals surface area (Å²) >= 11 is 5.34. The van der Waals surface area contributed by atoms with E-state index in [4.69, 9.17) is 21.7 Å². The second-order valence-corrected chi connectivity index (χ2v) is 6.54. The van der Waals surface area contributed by atoms with E-state index in [0.717, 1.165) is 44.0 Å². The smallest absolute Gasteiger partial charge is 0.166 e. The minimum Gasteiger partial charge on any atom is -0.490 e. The van der Waals surface area contributed by atoms with Crippen molar-refractivity contribution >= 4 is 17.3 Å². The Morgan fingerprint density at radius 3 is 2.52 bits per heavy atom. The third kappa shape index (κ3) is 7.09. The van der Waals surface area contributed by atoms with Crippen LogP contribution in [0, 0.1) is 6.92 Å². The SMILES string of the molecule is CCOc1ccc(CCNC(=S)NCCCn2nccc2C)cc1OCC. The Morgan fingerprint density at radius 2 is 1.81 bits per heavy atom. The highest BCUT2D eigenvalue weighted by Gasteiger charge is 2.06. The molecular weight excluding hydrogens is 360 g/mol. The first-order valence-electron chi connectivity index (χ1n) is 9.52. The van der Waals surface area contributed by atoms with Crippen LogP contribution in [-0.4, -0.2) is 41.2 Å². The van der Waals surface area contributed by atoms with Crippen LogP contribution < -0.4 is 20.1 Å². The first-order valence-corrected chi connectivity index (χ1v) is 9.93. The molecule has 2 aromatic rings. The molecule has 0 aliphatic rings. The van der Waals surface area contributed by atoms with E-state index in [2.05, 4.69) is 28.7 Å². The monoisotopic (exact) mass is 390 g/mol. The Morgan fingerprint density at radius 1 is 1.07 bits per heavy atom. The lowest BCUT2D eigenvalue weighted by molar-refractivity contribution is 0.287. The van der Waals surface area contributed by atoms with Crippen molar-refractivity contribution < 1.29 is 9.47 Å². The van der Waals surface area contributed by atoms with Gasteiger partial charge in [-0.05, 0) is 69.6 Å². The molecule has 148 valence electrons. The third-order valence-corrected chi connectivity index (χ3v) is 4.36. The fraction of sp³-hybridized carbons (Fsp3) is 0.500. The molecule has 0 radical (unpaired) electrons. The molecule has 0 amide bonds. The molecule has 6 nitrogen and oxygen atoms in total. The largest absolute Gasteiger partial charge is 0.490 e. The van der Waals surface area contributed by atoms with E-state index >= 15 is 0 Å². The maximum Gasteiger partial charge on any atom is 0.166 e. The zero-order chi connectivity index (χ0) is 19.5. The molecule has 1 aromatic heterocycles. The predicted molar refractivity (Wildman–Crippen MR) is 113 cm³/mol. The van der Waals surface area contributed by atoms with Crippen molar-refractivity contribution in [2.24, 2.45) is 0 Å². The van der Waals surface area contributed by atoms with Crippen molar-refractivity contribution in [1.82, 2.24) is 20.4 Å². The van der Waals surface area contributed by atoms with Gasteiger partial charge in [-0.25, -0.2) is 0 Å². The fourth-order valence-electron chi connectivity index (χ4n) is 2.70. The molecule has 0 aliphatic carbocycles. The minimum atomic E-state index is 0.619. The van der Waals surface area contributed by atoms with Gasteiger partial charge in [0.25, 0.3) is 0 Å². The Labute approximate surface area is 167 Å². The lowest BCUT2D eigenvalue weighted by Crippen LogP contribution is -2.37. The molecule has 0 aliphatic heterocycles. The molecule has 0 bridgehead atoms. The Hall–Kier alpha value is -2.28. The van der Waals surface area contributed by atoms with Gasteiger partial charge in [0.1, 0.15) is 0 Å². The first kappa shape index (κ1) is 21.0. The van der Waals surface area contributed by atoms with Crippen LogP contribution in [0.15, 0.2) is 30.5 Å². The normalized spacial score (nSPS) is 10.5. The molecule has 27 heavy (non-hydrogen) atoms. The van der Waals surface area contributed by atoms with Gasteiger partial charge in [-0.3, -0.25) is 4.68 Å². The zero-order valence-electron chi connectivity index (χ0n) is 16.5. The van der Waals surface area contributed by atoms with Gasteiger partial charge in [0.05, 0.1) is 13.2 Å². The van der Waals surface area contributed by atoms with Crippen molar-refractivity contribution in [1.29, 1.82) is 0 Å². The van der Waals surface area contributed by atoms with E-state index < -0.39 is 0 Å². The van der Waals surface area contributed by atoms with Crippen molar-refractivity contribution in [2.75, 3.05) is 26.3 Å². The lowest BCUT2D eigenvalue weighted by atomic mass is 10.1. The lowest BCUT2D eigenvalue weighted by Gasteiger charge is -2.13. The van der Waals surface area contributed by atoms with Gasteiger partial charge < -0.3 is 20.1 Å². The average molecular weight is 391 g/mol. The standard InChI is InChI=1S/C20H30N4O2S/c1-4-25-18-8-7-17(15-19(18)26-5-2)10-12-22-20(27)21-11-6-14-24-16(3)9-13-23-24/h7-9,13,15H,4-6,10-12,14H2,1-3H3,(H2,21,22,27). The molecule has 0 saturated carbocycles. The second-order valence-electron chi connectivity index (χ2n) is 6.13. The number of rotatable bonds is 11. The van der Waals surface area contributed by atoms with Crippen LogP contribution in [0.5, 0.6) is 11.5 Å². The molecule has 7 heteroatoms. The van der Waals surface area contributed by atoms with Gasteiger partial charge in [0, 0.05) is 31.5 Å². The Balaban J connectivity index is 1.68. The summed E-state index contributed by atoms with van der Waals surface area (Å²) in [5, 5.41) is 11.5. The Kier molecular flexibility index (Phi) is 8.91. The molecule has 0 unspecified atom stereocenters. The van der Waals surface area contributed by atoms with Gasteiger partial charge in [-0.2, -0.15) is 5.10 Å². The third-order valence-electron chi connectivity index (χ3n) is 4.07. The quantitative estimate of drug-likeness (QED) is 0.454. The topological polar surface area (TPSA) is 60.3 Å². The maximum atomic E-state index is 5.67. The van der Waals surface area contributed by atoms with Crippen molar-refractivity contribution in [2.45, 2.75) is 40.2 Å². The molecule has 2 rings (SSSR count). The van der Waals surface area contributed by atoms with Gasteiger partial charge in [0.15, 0.2) is 16.6 Å². The molecule has 0 fully saturated rings. The number of hydrogen-bond acceptors (Lipinski definition) is 4. The highest BCUT2D eigenvalue weighted by Crippen LogP contribution is 2.28. The van der Waals surface area contributed by atoms with Crippen molar-refractivity contribution in [3.63, 3.8) is 0 Å². The summed E-state index contributed by atoms with van der Waals surface area (Å²) in [6.45, 7) is 9.73. The summed E-state index contributed by atoms with van der Waals surface area (Å²) in [5.74, 6) is 1.59. The number of aromatic nitrogens is 2. The number of nitrogens with zero attached hydrogens (tertiary/aromatic N) is 2. The highest BCUT2D eigenvalue weighted by atomic mass is 32.1. The molecule has 0 atom stereocenters. The minimum absolute atomic E-state index is 0.619. The number of nitrogens with one attached hydrogen (secondary N) is 2. The summed E-state index contributed by atoms with van der Waals surface area (Å²) in [6, 6.07) is 8.09. The summed E-state index contributed by atoms with van der Waals surface area (Å²) in [6.07, 6.45) is 3.66. The zero-order valence-corrected chi connectivity index (χ0v) is 17.3. The molecular formula is C20H30N4O2S. The number of hydrogen-bond donors (Lipinski definition) is 2. The summed E-state index contributed by atoms with van der Waals surface area (Å²) in [7, 11) is 0. The number of benzene rings is 1. The van der Waals surface area contributed by atoms with E-state index in [-0.39, 0.29) is 0 Å². The highest BCUT2D eigenvalue weighted by molar-refractivity contribution is 7.80. The van der Waals surface area contributed by atoms with Crippen LogP contribution in [0.1, 0.15) is 31.5 Å². The van der Waals surface area contributed by atoms with E-state index in [0.29, 0.717) is 18.3 Å². The van der Waals surface area contributed by atoms with Gasteiger partial charge >= 0.3 is 0 Å². The van der Waals surface area contributed by atoms with Crippen LogP contribution in [0.4, 0.5) is 0 Å².